The second-order valence-electron chi connectivity index (χ2n) is 3.89. The molecule has 1 rings (SSSR count). The van der Waals surface area contributed by atoms with E-state index in [1.165, 1.54) is 6.07 Å². The normalized spacial score (nSPS) is 11.7. The van der Waals surface area contributed by atoms with Crippen molar-refractivity contribution in [1.82, 2.24) is 0 Å². The van der Waals surface area contributed by atoms with E-state index in [9.17, 15) is 9.67 Å². The van der Waals surface area contributed by atoms with E-state index in [1.807, 2.05) is 0 Å². The summed E-state index contributed by atoms with van der Waals surface area (Å²) >= 11 is 0. The summed E-state index contributed by atoms with van der Waals surface area (Å²) in [6.07, 6.45) is 2.43. The summed E-state index contributed by atoms with van der Waals surface area (Å²) in [6.45, 7) is 2.05. The lowest BCUT2D eigenvalue weighted by Gasteiger charge is -2.08. The Morgan fingerprint density at radius 1 is 1.31 bits per heavy atom. The second-order valence-corrected chi connectivity index (χ2v) is 5.54. The van der Waals surface area contributed by atoms with Crippen molar-refractivity contribution < 1.29 is 19.5 Å². The molecule has 0 atom stereocenters. The molecule has 1 aromatic rings. The Hall–Kier alpha value is -0.830. The fraction of sp³-hybridized carbons (Fsp3) is 0.455. The average Bonchev–Trinajstić information content (AvgIpc) is 2.17. The van der Waals surface area contributed by atoms with E-state index >= 15 is 0 Å². The van der Waals surface area contributed by atoms with Crippen LogP contribution >= 0.6 is 7.60 Å². The Morgan fingerprint density at radius 2 is 2.00 bits per heavy atom. The first-order valence-corrected chi connectivity index (χ1v) is 7.07. The minimum Gasteiger partial charge on any atom is -0.508 e. The molecule has 0 saturated carbocycles. The van der Waals surface area contributed by atoms with Crippen molar-refractivity contribution in [2.24, 2.45) is 0 Å². The maximum atomic E-state index is 10.8. The molecule has 0 spiro atoms. The minimum absolute atomic E-state index is 0.197. The summed E-state index contributed by atoms with van der Waals surface area (Å²) < 4.78 is 10.8. The Bertz CT molecular complexity index is 397. The van der Waals surface area contributed by atoms with E-state index in [1.54, 1.807) is 12.1 Å². The largest absolute Gasteiger partial charge is 0.508 e. The summed E-state index contributed by atoms with van der Waals surface area (Å²) in [5.41, 5.74) is 1.32. The van der Waals surface area contributed by atoms with Crippen LogP contribution in [-0.2, 0) is 17.1 Å². The maximum absolute atomic E-state index is 10.8. The molecule has 16 heavy (non-hydrogen) atoms. The minimum atomic E-state index is -4.03. The topological polar surface area (TPSA) is 77.8 Å². The quantitative estimate of drug-likeness (QED) is 0.695. The first kappa shape index (κ1) is 13.2. The molecule has 0 amide bonds. The van der Waals surface area contributed by atoms with Crippen LogP contribution in [-0.4, -0.2) is 14.9 Å². The molecule has 0 aliphatic heterocycles. The third kappa shape index (κ3) is 4.35. The van der Waals surface area contributed by atoms with Crippen molar-refractivity contribution in [3.63, 3.8) is 0 Å². The van der Waals surface area contributed by atoms with Crippen LogP contribution in [0.5, 0.6) is 5.75 Å². The predicted octanol–water partition coefficient (Wildman–Crippen LogP) is 2.41. The van der Waals surface area contributed by atoms with Gasteiger partial charge in [0.2, 0.25) is 0 Å². The average molecular weight is 244 g/mol. The van der Waals surface area contributed by atoms with Crippen LogP contribution < -0.4 is 0 Å². The number of aromatic hydroxyl groups is 1. The van der Waals surface area contributed by atoms with Gasteiger partial charge in [0.25, 0.3) is 0 Å². The van der Waals surface area contributed by atoms with E-state index in [4.69, 9.17) is 9.79 Å². The van der Waals surface area contributed by atoms with Gasteiger partial charge in [-0.1, -0.05) is 25.5 Å². The van der Waals surface area contributed by atoms with E-state index in [2.05, 4.69) is 6.92 Å². The Morgan fingerprint density at radius 3 is 2.56 bits per heavy atom. The fourth-order valence-corrected chi connectivity index (χ4v) is 2.21. The van der Waals surface area contributed by atoms with Gasteiger partial charge in [0.05, 0.1) is 6.16 Å². The lowest BCUT2D eigenvalue weighted by atomic mass is 10.1. The smallest absolute Gasteiger partial charge is 0.329 e. The number of hydrogen-bond acceptors (Lipinski definition) is 2. The van der Waals surface area contributed by atoms with Crippen molar-refractivity contribution >= 4 is 7.60 Å². The number of rotatable bonds is 5. The van der Waals surface area contributed by atoms with Gasteiger partial charge in [-0.05, 0) is 30.0 Å². The number of hydrogen-bond donors (Lipinski definition) is 3. The van der Waals surface area contributed by atoms with Crippen LogP contribution in [0.15, 0.2) is 18.2 Å². The number of benzene rings is 1. The lowest BCUT2D eigenvalue weighted by molar-refractivity contribution is 0.371. The fourth-order valence-electron chi connectivity index (χ4n) is 1.54. The van der Waals surface area contributed by atoms with Gasteiger partial charge in [-0.15, -0.1) is 0 Å². The van der Waals surface area contributed by atoms with Crippen LogP contribution in [0.2, 0.25) is 0 Å². The van der Waals surface area contributed by atoms with Gasteiger partial charge in [-0.25, -0.2) is 0 Å². The van der Waals surface area contributed by atoms with E-state index in [0.717, 1.165) is 24.8 Å². The highest BCUT2D eigenvalue weighted by atomic mass is 31.2. The number of aryl methyl sites for hydroxylation is 1. The standard InChI is InChI=1S/C11H17O4P/c1-2-3-4-10-7-9(5-6-11(10)12)8-16(13,14)15/h5-7,12H,2-4,8H2,1H3,(H2,13,14,15). The predicted molar refractivity (Wildman–Crippen MR) is 62.5 cm³/mol. The highest BCUT2D eigenvalue weighted by Gasteiger charge is 2.14. The first-order chi connectivity index (χ1) is 7.42. The summed E-state index contributed by atoms with van der Waals surface area (Å²) in [5.74, 6) is 0.197. The number of phenolic OH excluding ortho intramolecular Hbond substituents is 1. The molecule has 4 nitrogen and oxygen atoms in total. The van der Waals surface area contributed by atoms with Crippen molar-refractivity contribution in [3.05, 3.63) is 29.3 Å². The van der Waals surface area contributed by atoms with Crippen LogP contribution in [0.3, 0.4) is 0 Å². The zero-order chi connectivity index (χ0) is 12.2. The summed E-state index contributed by atoms with van der Waals surface area (Å²) in [4.78, 5) is 17.7. The molecule has 90 valence electrons. The zero-order valence-electron chi connectivity index (χ0n) is 9.26. The van der Waals surface area contributed by atoms with Crippen molar-refractivity contribution in [2.75, 3.05) is 0 Å². The van der Waals surface area contributed by atoms with Gasteiger partial charge < -0.3 is 14.9 Å². The van der Waals surface area contributed by atoms with Crippen LogP contribution in [0.4, 0.5) is 0 Å². The molecule has 3 N–H and O–H groups in total. The molecule has 0 bridgehead atoms. The van der Waals surface area contributed by atoms with E-state index in [-0.39, 0.29) is 11.9 Å². The van der Waals surface area contributed by atoms with Gasteiger partial charge in [0.1, 0.15) is 5.75 Å². The summed E-state index contributed by atoms with van der Waals surface area (Å²) in [7, 11) is -4.03. The summed E-state index contributed by atoms with van der Waals surface area (Å²) in [5, 5.41) is 9.57. The molecule has 0 radical (unpaired) electrons. The van der Waals surface area contributed by atoms with Gasteiger partial charge in [0.15, 0.2) is 0 Å². The maximum Gasteiger partial charge on any atom is 0.329 e. The molecule has 0 aliphatic carbocycles. The lowest BCUT2D eigenvalue weighted by Crippen LogP contribution is -1.91. The van der Waals surface area contributed by atoms with Crippen molar-refractivity contribution in [1.29, 1.82) is 0 Å². The zero-order valence-corrected chi connectivity index (χ0v) is 10.2. The molecule has 1 aromatic carbocycles. The van der Waals surface area contributed by atoms with E-state index in [0.29, 0.717) is 5.56 Å². The molecule has 0 fully saturated rings. The number of phenols is 1. The molecular weight excluding hydrogens is 227 g/mol. The molecule has 0 aromatic heterocycles. The van der Waals surface area contributed by atoms with Crippen LogP contribution in [0, 0.1) is 0 Å². The molecule has 0 aliphatic rings. The highest BCUT2D eigenvalue weighted by molar-refractivity contribution is 7.50. The molecule has 0 heterocycles. The Kier molecular flexibility index (Phi) is 4.54. The summed E-state index contributed by atoms with van der Waals surface area (Å²) in [6, 6.07) is 4.71. The van der Waals surface area contributed by atoms with Gasteiger partial charge in [-0.2, -0.15) is 0 Å². The van der Waals surface area contributed by atoms with Crippen LogP contribution in [0.1, 0.15) is 30.9 Å². The molecule has 5 heteroatoms. The monoisotopic (exact) mass is 244 g/mol. The molecule has 0 unspecified atom stereocenters. The highest BCUT2D eigenvalue weighted by Crippen LogP contribution is 2.39. The van der Waals surface area contributed by atoms with Crippen molar-refractivity contribution in [2.45, 2.75) is 32.3 Å². The molecular formula is C11H17O4P. The molecule has 0 saturated heterocycles. The van der Waals surface area contributed by atoms with E-state index < -0.39 is 7.60 Å². The Balaban J connectivity index is 2.85. The van der Waals surface area contributed by atoms with Gasteiger partial charge in [0, 0.05) is 0 Å². The van der Waals surface area contributed by atoms with Gasteiger partial charge in [-0.3, -0.25) is 4.57 Å². The van der Waals surface area contributed by atoms with Gasteiger partial charge >= 0.3 is 7.60 Å². The number of unbranched alkanes of at least 4 members (excludes halogenated alkanes) is 1. The Labute approximate surface area is 95.1 Å². The SMILES string of the molecule is CCCCc1cc(CP(=O)(O)O)ccc1O. The van der Waals surface area contributed by atoms with Crippen molar-refractivity contribution in [3.8, 4) is 5.75 Å². The first-order valence-electron chi connectivity index (χ1n) is 5.27. The third-order valence-corrected chi connectivity index (χ3v) is 3.11. The third-order valence-electron chi connectivity index (χ3n) is 2.33. The van der Waals surface area contributed by atoms with Crippen LogP contribution in [0.25, 0.3) is 0 Å². The second kappa shape index (κ2) is 5.48.